The summed E-state index contributed by atoms with van der Waals surface area (Å²) in [5.74, 6) is -0.276. The average Bonchev–Trinajstić information content (AvgIpc) is 2.85. The van der Waals surface area contributed by atoms with Crippen molar-refractivity contribution in [2.75, 3.05) is 5.32 Å². The number of Topliss-reactive ketones (excluding diaryl/α,β-unsaturated/α-hetero) is 1. The molecule has 0 radical (unpaired) electrons. The van der Waals surface area contributed by atoms with Crippen molar-refractivity contribution in [1.82, 2.24) is 15.3 Å². The molecule has 2 N–H and O–H groups in total. The summed E-state index contributed by atoms with van der Waals surface area (Å²) in [6, 6.07) is 19.2. The molecule has 0 fully saturated rings. The van der Waals surface area contributed by atoms with Crippen molar-refractivity contribution in [2.45, 2.75) is 31.6 Å². The fourth-order valence-corrected chi connectivity index (χ4v) is 5.01. The van der Waals surface area contributed by atoms with Crippen LogP contribution in [0, 0.1) is 0 Å². The number of carbonyl (C=O) groups is 2. The van der Waals surface area contributed by atoms with E-state index in [1.165, 1.54) is 0 Å². The number of hydrogen-bond acceptors (Lipinski definition) is 5. The van der Waals surface area contributed by atoms with Crippen LogP contribution in [0.15, 0.2) is 100 Å². The predicted molar refractivity (Wildman–Crippen MR) is 134 cm³/mol. The van der Waals surface area contributed by atoms with E-state index in [-0.39, 0.29) is 17.6 Å². The second-order valence-corrected chi connectivity index (χ2v) is 9.41. The Morgan fingerprint density at radius 2 is 1.82 bits per heavy atom. The van der Waals surface area contributed by atoms with Crippen LogP contribution in [0.25, 0.3) is 0 Å². The molecule has 0 spiro atoms. The molecule has 3 aromatic rings. The van der Waals surface area contributed by atoms with Crippen LogP contribution < -0.4 is 10.6 Å². The fourth-order valence-electron chi connectivity index (χ4n) is 4.78. The fraction of sp³-hybridized carbons (Fsp3) is 0.185. The Morgan fingerprint density at radius 1 is 1.03 bits per heavy atom. The van der Waals surface area contributed by atoms with E-state index in [4.69, 9.17) is 0 Å². The summed E-state index contributed by atoms with van der Waals surface area (Å²) < 4.78 is 0.821. The third-order valence-corrected chi connectivity index (χ3v) is 6.76. The van der Waals surface area contributed by atoms with Gasteiger partial charge in [-0.3, -0.25) is 14.6 Å². The number of pyridine rings is 2. The number of anilines is 1. The summed E-state index contributed by atoms with van der Waals surface area (Å²) in [4.78, 5) is 35.9. The van der Waals surface area contributed by atoms with Crippen LogP contribution in [0.4, 0.5) is 5.82 Å². The molecular formula is C27H23BrN4O2. The third-order valence-electron chi connectivity index (χ3n) is 6.30. The second-order valence-electron chi connectivity index (χ2n) is 8.50. The summed E-state index contributed by atoms with van der Waals surface area (Å²) >= 11 is 3.36. The topological polar surface area (TPSA) is 84.0 Å². The first-order chi connectivity index (χ1) is 16.5. The molecule has 6 nitrogen and oxygen atoms in total. The van der Waals surface area contributed by atoms with Crippen molar-refractivity contribution in [3.63, 3.8) is 0 Å². The molecular weight excluding hydrogens is 492 g/mol. The summed E-state index contributed by atoms with van der Waals surface area (Å²) in [6.07, 6.45) is 4.42. The van der Waals surface area contributed by atoms with Crippen molar-refractivity contribution in [2.24, 2.45) is 0 Å². The summed E-state index contributed by atoms with van der Waals surface area (Å²) in [5.41, 5.74) is 4.52. The maximum Gasteiger partial charge on any atom is 0.255 e. The van der Waals surface area contributed by atoms with Crippen molar-refractivity contribution in [3.05, 3.63) is 111 Å². The van der Waals surface area contributed by atoms with Gasteiger partial charge in [-0.2, -0.15) is 0 Å². The Labute approximate surface area is 206 Å². The number of aromatic nitrogens is 2. The highest BCUT2D eigenvalue weighted by Crippen LogP contribution is 2.45. The molecule has 34 heavy (non-hydrogen) atoms. The summed E-state index contributed by atoms with van der Waals surface area (Å²) in [6.45, 7) is 1.88. The molecule has 170 valence electrons. The van der Waals surface area contributed by atoms with Gasteiger partial charge in [0.15, 0.2) is 5.78 Å². The highest BCUT2D eigenvalue weighted by atomic mass is 79.9. The number of allylic oxidation sites excluding steroid dienone is 3. The lowest BCUT2D eigenvalue weighted by Crippen LogP contribution is -2.37. The molecule has 0 bridgehead atoms. The maximum atomic E-state index is 13.6. The van der Waals surface area contributed by atoms with Gasteiger partial charge in [0.2, 0.25) is 0 Å². The smallest absolute Gasteiger partial charge is 0.255 e. The lowest BCUT2D eigenvalue weighted by Gasteiger charge is -2.36. The molecule has 0 saturated heterocycles. The van der Waals surface area contributed by atoms with Gasteiger partial charge in [-0.15, -0.1) is 0 Å². The minimum Gasteiger partial charge on any atom is -0.362 e. The number of hydrogen-bond donors (Lipinski definition) is 2. The van der Waals surface area contributed by atoms with E-state index in [2.05, 4.69) is 48.7 Å². The van der Waals surface area contributed by atoms with Crippen LogP contribution in [0.1, 0.15) is 42.9 Å². The van der Waals surface area contributed by atoms with E-state index in [0.29, 0.717) is 41.2 Å². The number of rotatable bonds is 4. The van der Waals surface area contributed by atoms with Gasteiger partial charge in [-0.25, -0.2) is 4.98 Å². The number of nitrogens with one attached hydrogen (secondary N) is 2. The van der Waals surface area contributed by atoms with Crippen molar-refractivity contribution in [3.8, 4) is 0 Å². The van der Waals surface area contributed by atoms with E-state index < -0.39 is 5.92 Å². The van der Waals surface area contributed by atoms with Gasteiger partial charge in [0.1, 0.15) is 5.82 Å². The van der Waals surface area contributed by atoms with Crippen LogP contribution in [0.3, 0.4) is 0 Å². The van der Waals surface area contributed by atoms with Gasteiger partial charge in [-0.05, 0) is 65.0 Å². The molecule has 1 aliphatic carbocycles. The minimum atomic E-state index is -0.544. The highest BCUT2D eigenvalue weighted by molar-refractivity contribution is 9.10. The molecule has 2 atom stereocenters. The zero-order valence-electron chi connectivity index (χ0n) is 18.6. The molecule has 1 aromatic carbocycles. The van der Waals surface area contributed by atoms with Gasteiger partial charge in [0.05, 0.1) is 11.6 Å². The monoisotopic (exact) mass is 514 g/mol. The number of nitrogens with zero attached hydrogens (tertiary/aromatic N) is 2. The maximum absolute atomic E-state index is 13.6. The molecule has 5 rings (SSSR count). The Hall–Kier alpha value is -3.58. The number of carbonyl (C=O) groups excluding carboxylic acids is 2. The average molecular weight is 515 g/mol. The minimum absolute atomic E-state index is 0.0397. The van der Waals surface area contributed by atoms with E-state index in [9.17, 15) is 9.59 Å². The lowest BCUT2D eigenvalue weighted by atomic mass is 9.72. The molecule has 2 unspecified atom stereocenters. The van der Waals surface area contributed by atoms with Crippen LogP contribution in [-0.2, 0) is 9.59 Å². The second kappa shape index (κ2) is 9.35. The van der Waals surface area contributed by atoms with E-state index >= 15 is 0 Å². The molecule has 7 heteroatoms. The number of benzene rings is 1. The molecule has 2 aliphatic rings. The number of amides is 1. The van der Waals surface area contributed by atoms with Gasteiger partial charge in [-0.1, -0.05) is 36.4 Å². The zero-order valence-corrected chi connectivity index (χ0v) is 20.2. The standard InChI is InChI=1S/C27H23BrN4O2/c1-16-24(27(34)32-23-11-10-19(28)15-30-23)26(20-9-5-6-12-29-20)25-21(31-16)13-18(14-22(25)33)17-7-3-2-4-8-17/h2-12,15,18,26,31H,13-14H2,1H3,(H,30,32,34). The number of dihydropyridines is 1. The van der Waals surface area contributed by atoms with Gasteiger partial charge < -0.3 is 10.6 Å². The molecule has 0 saturated carbocycles. The Bertz CT molecular complexity index is 1300. The molecule has 1 amide bonds. The third kappa shape index (κ3) is 4.31. The summed E-state index contributed by atoms with van der Waals surface area (Å²) in [5, 5.41) is 6.28. The lowest BCUT2D eigenvalue weighted by molar-refractivity contribution is -0.116. The van der Waals surface area contributed by atoms with Gasteiger partial charge in [0, 0.05) is 45.8 Å². The Kier molecular flexibility index (Phi) is 6.11. The first-order valence-corrected chi connectivity index (χ1v) is 11.9. The zero-order chi connectivity index (χ0) is 23.7. The molecule has 1 aliphatic heterocycles. The van der Waals surface area contributed by atoms with E-state index in [1.807, 2.05) is 49.4 Å². The van der Waals surface area contributed by atoms with Crippen molar-refractivity contribution < 1.29 is 9.59 Å². The Balaban J connectivity index is 1.54. The Morgan fingerprint density at radius 3 is 2.53 bits per heavy atom. The van der Waals surface area contributed by atoms with Gasteiger partial charge >= 0.3 is 0 Å². The van der Waals surface area contributed by atoms with Crippen molar-refractivity contribution >= 4 is 33.4 Å². The van der Waals surface area contributed by atoms with Crippen LogP contribution >= 0.6 is 15.9 Å². The van der Waals surface area contributed by atoms with E-state index in [1.54, 1.807) is 18.5 Å². The first-order valence-electron chi connectivity index (χ1n) is 11.1. The van der Waals surface area contributed by atoms with Crippen LogP contribution in [-0.4, -0.2) is 21.7 Å². The van der Waals surface area contributed by atoms with Crippen LogP contribution in [0.2, 0.25) is 0 Å². The number of ketones is 1. The van der Waals surface area contributed by atoms with Crippen molar-refractivity contribution in [1.29, 1.82) is 0 Å². The normalized spacial score (nSPS) is 20.0. The largest absolute Gasteiger partial charge is 0.362 e. The highest BCUT2D eigenvalue weighted by Gasteiger charge is 2.41. The first kappa shape index (κ1) is 22.2. The molecule has 2 aromatic heterocycles. The quantitative estimate of drug-likeness (QED) is 0.497. The molecule has 3 heterocycles. The predicted octanol–water partition coefficient (Wildman–Crippen LogP) is 5.24. The SMILES string of the molecule is CC1=C(C(=O)Nc2ccc(Br)cn2)C(c2ccccn2)C2=C(CC(c3ccccc3)CC2=O)N1. The summed E-state index contributed by atoms with van der Waals surface area (Å²) in [7, 11) is 0. The number of halogens is 1. The van der Waals surface area contributed by atoms with Crippen LogP contribution in [0.5, 0.6) is 0 Å². The van der Waals surface area contributed by atoms with Gasteiger partial charge in [0.25, 0.3) is 5.91 Å². The van der Waals surface area contributed by atoms with E-state index in [0.717, 1.165) is 15.7 Å².